The molecule has 3 rings (SSSR count). The maximum atomic E-state index is 12.9. The number of nitrogens with zero attached hydrogens (tertiary/aromatic N) is 1. The fourth-order valence-corrected chi connectivity index (χ4v) is 6.15. The molecule has 9 heteroatoms. The number of carbonyl (C=O) groups is 2. The number of anilines is 1. The number of hydrogen-bond acceptors (Lipinski definition) is 3. The molecular formula is C18H17F3N2O2S2. The van der Waals surface area contributed by atoms with Gasteiger partial charge in [-0.2, -0.15) is 13.2 Å². The summed E-state index contributed by atoms with van der Waals surface area (Å²) in [5.41, 5.74) is -0.896. The van der Waals surface area contributed by atoms with Crippen molar-refractivity contribution in [3.05, 3.63) is 45.6 Å². The number of likely N-dealkylation sites (N-methyl/N-ethyl adjacent to an activating group) is 1. The van der Waals surface area contributed by atoms with Crippen LogP contribution >= 0.6 is 20.7 Å². The number of thiophene rings is 1. The van der Waals surface area contributed by atoms with Crippen molar-refractivity contribution in [3.8, 4) is 0 Å². The van der Waals surface area contributed by atoms with Gasteiger partial charge < -0.3 is 5.32 Å². The summed E-state index contributed by atoms with van der Waals surface area (Å²) in [5, 5.41) is 2.44. The first-order valence-electron chi connectivity index (χ1n) is 7.78. The van der Waals surface area contributed by atoms with E-state index in [1.807, 2.05) is 13.0 Å². The van der Waals surface area contributed by atoms with Crippen LogP contribution in [0.15, 0.2) is 35.2 Å². The third-order valence-electron chi connectivity index (χ3n) is 4.32. The van der Waals surface area contributed by atoms with Crippen LogP contribution in [0.3, 0.4) is 0 Å². The van der Waals surface area contributed by atoms with Gasteiger partial charge in [0.2, 0.25) is 11.8 Å². The van der Waals surface area contributed by atoms with Gasteiger partial charge in [-0.3, -0.25) is 13.9 Å². The first-order chi connectivity index (χ1) is 12.4. The van der Waals surface area contributed by atoms with Gasteiger partial charge in [-0.1, -0.05) is 17.8 Å². The van der Waals surface area contributed by atoms with E-state index in [-0.39, 0.29) is 5.69 Å². The quantitative estimate of drug-likeness (QED) is 0.591. The van der Waals surface area contributed by atoms with Gasteiger partial charge >= 0.3 is 6.18 Å². The molecule has 2 amide bonds. The molecule has 1 unspecified atom stereocenters. The highest BCUT2D eigenvalue weighted by Gasteiger charge is 2.41. The highest BCUT2D eigenvalue weighted by molar-refractivity contribution is 8.26. The fourth-order valence-electron chi connectivity index (χ4n) is 2.84. The Labute approximate surface area is 159 Å². The first-order valence-corrected chi connectivity index (χ1v) is 10.5. The molecule has 2 heterocycles. The van der Waals surface area contributed by atoms with Gasteiger partial charge in [0.1, 0.15) is 0 Å². The number of hydrogen-bond donors (Lipinski definition) is 1. The normalized spacial score (nSPS) is 18.9. The van der Waals surface area contributed by atoms with E-state index in [0.717, 1.165) is 21.9 Å². The summed E-state index contributed by atoms with van der Waals surface area (Å²) >= 11 is 1.31. The molecule has 0 saturated heterocycles. The minimum atomic E-state index is -4.52. The van der Waals surface area contributed by atoms with Gasteiger partial charge in [-0.05, 0) is 31.2 Å². The summed E-state index contributed by atoms with van der Waals surface area (Å²) in [6, 6.07) is 6.17. The minimum absolute atomic E-state index is 0.0199. The summed E-state index contributed by atoms with van der Waals surface area (Å²) in [4.78, 5) is 27.8. The molecule has 4 nitrogen and oxygen atoms in total. The van der Waals surface area contributed by atoms with Crippen molar-refractivity contribution < 1.29 is 22.8 Å². The molecule has 0 spiro atoms. The van der Waals surface area contributed by atoms with Crippen LogP contribution in [0.25, 0.3) is 0 Å². The van der Waals surface area contributed by atoms with Crippen LogP contribution in [0.1, 0.15) is 21.2 Å². The fraction of sp³-hybridized carbons (Fsp3) is 0.222. The SMILES string of the molecule is C=S1(=C)c2cc(C)sc2C(C(=O)Nc2cccc(C(F)(F)F)c2)C(=O)N1C. The average molecular weight is 414 g/mol. The predicted octanol–water partition coefficient (Wildman–Crippen LogP) is 4.21. The largest absolute Gasteiger partial charge is 0.416 e. The van der Waals surface area contributed by atoms with E-state index in [1.54, 1.807) is 0 Å². The number of alkyl halides is 3. The summed E-state index contributed by atoms with van der Waals surface area (Å²) in [6.45, 7) is 1.85. The molecule has 1 aromatic carbocycles. The van der Waals surface area contributed by atoms with Gasteiger partial charge in [0.25, 0.3) is 0 Å². The molecule has 1 N–H and O–H groups in total. The lowest BCUT2D eigenvalue weighted by Crippen LogP contribution is -2.39. The molecule has 0 aliphatic carbocycles. The van der Waals surface area contributed by atoms with Gasteiger partial charge in [-0.25, -0.2) is 0 Å². The van der Waals surface area contributed by atoms with E-state index in [2.05, 4.69) is 17.1 Å². The van der Waals surface area contributed by atoms with Crippen molar-refractivity contribution in [1.82, 2.24) is 4.31 Å². The molecule has 1 aromatic heterocycles. The number of benzene rings is 1. The second-order valence-corrected chi connectivity index (χ2v) is 10.2. The molecule has 0 radical (unpaired) electrons. The second kappa shape index (κ2) is 6.42. The summed E-state index contributed by atoms with van der Waals surface area (Å²) in [6.07, 6.45) is -4.52. The van der Waals surface area contributed by atoms with Crippen LogP contribution in [0.4, 0.5) is 18.9 Å². The molecule has 0 saturated carbocycles. The molecule has 27 heavy (non-hydrogen) atoms. The van der Waals surface area contributed by atoms with Gasteiger partial charge in [-0.15, -0.1) is 20.7 Å². The Hall–Kier alpha value is -2.26. The Kier molecular flexibility index (Phi) is 4.63. The van der Waals surface area contributed by atoms with Gasteiger partial charge in [0.15, 0.2) is 5.92 Å². The van der Waals surface area contributed by atoms with Crippen LogP contribution in [0.2, 0.25) is 0 Å². The lowest BCUT2D eigenvalue weighted by Gasteiger charge is -2.35. The third-order valence-corrected chi connectivity index (χ3v) is 7.95. The zero-order valence-electron chi connectivity index (χ0n) is 14.6. The van der Waals surface area contributed by atoms with E-state index in [1.165, 1.54) is 34.8 Å². The Morgan fingerprint density at radius 1 is 1.30 bits per heavy atom. The van der Waals surface area contributed by atoms with Crippen LogP contribution in [0, 0.1) is 6.92 Å². The van der Waals surface area contributed by atoms with E-state index < -0.39 is 38.9 Å². The van der Waals surface area contributed by atoms with Crippen molar-refractivity contribution in [1.29, 1.82) is 0 Å². The Morgan fingerprint density at radius 3 is 2.59 bits per heavy atom. The van der Waals surface area contributed by atoms with Crippen molar-refractivity contribution >= 4 is 50.0 Å². The van der Waals surface area contributed by atoms with Crippen LogP contribution in [0.5, 0.6) is 0 Å². The maximum Gasteiger partial charge on any atom is 0.416 e. The maximum absolute atomic E-state index is 12.9. The highest BCUT2D eigenvalue weighted by atomic mass is 32.2. The Balaban J connectivity index is 1.99. The van der Waals surface area contributed by atoms with Crippen molar-refractivity contribution in [2.45, 2.75) is 23.9 Å². The standard InChI is InChI=1S/C18H17F3N2O2S2/c1-10-8-13-15(26-10)14(17(25)23(2)27(13,3)4)16(24)22-12-7-5-6-11(9-12)18(19,20)21/h5-9,14H,3-4H2,1-2H3,(H,22,24). The molecular weight excluding hydrogens is 397 g/mol. The number of aryl methyl sites for hydroxylation is 1. The number of nitrogens with one attached hydrogen (secondary N) is 1. The molecule has 0 fully saturated rings. The Bertz CT molecular complexity index is 1040. The van der Waals surface area contributed by atoms with Crippen molar-refractivity contribution in [2.24, 2.45) is 0 Å². The van der Waals surface area contributed by atoms with E-state index in [4.69, 9.17) is 0 Å². The van der Waals surface area contributed by atoms with Gasteiger partial charge in [0.05, 0.1) is 5.56 Å². The lowest BCUT2D eigenvalue weighted by molar-refractivity contribution is -0.137. The molecule has 1 aliphatic heterocycles. The van der Waals surface area contributed by atoms with Crippen molar-refractivity contribution in [3.63, 3.8) is 0 Å². The van der Waals surface area contributed by atoms with E-state index in [9.17, 15) is 22.8 Å². The number of carbonyl (C=O) groups excluding carboxylic acids is 2. The predicted molar refractivity (Wildman–Crippen MR) is 105 cm³/mol. The van der Waals surface area contributed by atoms with E-state index >= 15 is 0 Å². The van der Waals surface area contributed by atoms with Crippen LogP contribution in [-0.4, -0.2) is 34.9 Å². The van der Waals surface area contributed by atoms with Crippen LogP contribution < -0.4 is 5.32 Å². The minimum Gasteiger partial charge on any atom is -0.325 e. The van der Waals surface area contributed by atoms with Crippen molar-refractivity contribution in [2.75, 3.05) is 12.4 Å². The molecule has 0 bridgehead atoms. The Morgan fingerprint density at radius 2 is 1.96 bits per heavy atom. The number of rotatable bonds is 2. The topological polar surface area (TPSA) is 49.4 Å². The zero-order chi connectivity index (χ0) is 20.1. The molecule has 2 aromatic rings. The number of amides is 2. The highest BCUT2D eigenvalue weighted by Crippen LogP contribution is 2.50. The van der Waals surface area contributed by atoms with Crippen LogP contribution in [-0.2, 0) is 15.8 Å². The number of fused-ring (bicyclic) bond motifs is 1. The molecule has 1 aliphatic rings. The zero-order valence-corrected chi connectivity index (χ0v) is 16.2. The molecule has 1 atom stereocenters. The smallest absolute Gasteiger partial charge is 0.325 e. The molecule has 144 valence electrons. The van der Waals surface area contributed by atoms with E-state index in [0.29, 0.717) is 4.88 Å². The summed E-state index contributed by atoms with van der Waals surface area (Å²) < 4.78 is 40.0. The summed E-state index contributed by atoms with van der Waals surface area (Å²) in [5.74, 6) is 5.84. The third kappa shape index (κ3) is 3.37. The lowest BCUT2D eigenvalue weighted by atomic mass is 10.0. The second-order valence-electron chi connectivity index (χ2n) is 6.26. The first kappa shape index (κ1) is 19.5. The summed E-state index contributed by atoms with van der Waals surface area (Å²) in [7, 11) is -0.509. The number of halogens is 3. The monoisotopic (exact) mass is 414 g/mol. The van der Waals surface area contributed by atoms with Gasteiger partial charge in [0, 0.05) is 27.4 Å². The average Bonchev–Trinajstić information content (AvgIpc) is 2.95.